The summed E-state index contributed by atoms with van der Waals surface area (Å²) in [5, 5.41) is 0. The largest absolute Gasteiger partial charge is 0.165 e. The van der Waals surface area contributed by atoms with E-state index >= 15 is 0 Å². The maximum atomic E-state index is 2.54. The molecule has 0 heterocycles. The highest BCUT2D eigenvalue weighted by atomic mass is 32.2. The van der Waals surface area contributed by atoms with Crippen LogP contribution in [0, 0.1) is 16.7 Å². The molecule has 0 aromatic rings. The Balaban J connectivity index is 2.24. The van der Waals surface area contributed by atoms with E-state index in [1.807, 2.05) is 11.8 Å². The van der Waals surface area contributed by atoms with E-state index in [4.69, 9.17) is 0 Å². The van der Waals surface area contributed by atoms with Gasteiger partial charge in [0.15, 0.2) is 0 Å². The zero-order valence-electron chi connectivity index (χ0n) is 8.52. The van der Waals surface area contributed by atoms with Gasteiger partial charge in [0.25, 0.3) is 0 Å². The fourth-order valence-electron chi connectivity index (χ4n) is 3.55. The zero-order chi connectivity index (χ0) is 8.82. The van der Waals surface area contributed by atoms with Crippen molar-refractivity contribution in [3.63, 3.8) is 0 Å². The third-order valence-corrected chi connectivity index (χ3v) is 5.70. The number of rotatable bonds is 2. The van der Waals surface area contributed by atoms with E-state index in [0.717, 1.165) is 5.92 Å². The average Bonchev–Trinajstić information content (AvgIpc) is 2.39. The molecule has 2 rings (SSSR count). The fraction of sp³-hybridized carbons (Fsp3) is 1.00. The second kappa shape index (κ2) is 2.67. The second-order valence-electron chi connectivity index (χ2n) is 5.19. The van der Waals surface area contributed by atoms with Crippen molar-refractivity contribution in [1.82, 2.24) is 0 Å². The molecule has 0 nitrogen and oxygen atoms in total. The number of hydrogen-bond acceptors (Lipinski definition) is 1. The molecule has 2 saturated carbocycles. The summed E-state index contributed by atoms with van der Waals surface area (Å²) in [4.78, 5) is 0. The Bertz CT molecular complexity index is 179. The van der Waals surface area contributed by atoms with Gasteiger partial charge in [-0.15, -0.1) is 0 Å². The molecule has 2 bridgehead atoms. The second-order valence-corrected chi connectivity index (χ2v) is 6.05. The minimum Gasteiger partial charge on any atom is -0.165 e. The summed E-state index contributed by atoms with van der Waals surface area (Å²) in [7, 11) is 0. The Morgan fingerprint density at radius 1 is 1.25 bits per heavy atom. The molecule has 1 atom stereocenters. The SMILES string of the molecule is CSCC1(C)C2CCC1(C)CC2. The van der Waals surface area contributed by atoms with Gasteiger partial charge in [0.1, 0.15) is 0 Å². The van der Waals surface area contributed by atoms with Crippen molar-refractivity contribution >= 4 is 11.8 Å². The molecule has 0 saturated heterocycles. The first-order valence-electron chi connectivity index (χ1n) is 5.11. The molecule has 2 fully saturated rings. The van der Waals surface area contributed by atoms with Crippen LogP contribution in [0.3, 0.4) is 0 Å². The summed E-state index contributed by atoms with van der Waals surface area (Å²) in [6.45, 7) is 5.06. The summed E-state index contributed by atoms with van der Waals surface area (Å²) < 4.78 is 0. The summed E-state index contributed by atoms with van der Waals surface area (Å²) in [5.41, 5.74) is 1.37. The van der Waals surface area contributed by atoms with Crippen LogP contribution < -0.4 is 0 Å². The molecule has 0 spiro atoms. The molecule has 70 valence electrons. The van der Waals surface area contributed by atoms with E-state index < -0.39 is 0 Å². The van der Waals surface area contributed by atoms with Gasteiger partial charge in [-0.1, -0.05) is 13.8 Å². The molecule has 12 heavy (non-hydrogen) atoms. The van der Waals surface area contributed by atoms with E-state index in [1.54, 1.807) is 0 Å². The lowest BCUT2D eigenvalue weighted by atomic mass is 9.71. The summed E-state index contributed by atoms with van der Waals surface area (Å²) in [5.74, 6) is 2.43. The van der Waals surface area contributed by atoms with Crippen LogP contribution in [0.5, 0.6) is 0 Å². The smallest absolute Gasteiger partial charge is 0.000836 e. The van der Waals surface area contributed by atoms with Crippen molar-refractivity contribution in [2.24, 2.45) is 16.7 Å². The van der Waals surface area contributed by atoms with Crippen LogP contribution in [0.15, 0.2) is 0 Å². The van der Waals surface area contributed by atoms with Crippen molar-refractivity contribution in [3.8, 4) is 0 Å². The quantitative estimate of drug-likeness (QED) is 0.632. The van der Waals surface area contributed by atoms with Crippen molar-refractivity contribution in [2.45, 2.75) is 39.5 Å². The molecule has 1 unspecified atom stereocenters. The predicted molar refractivity (Wildman–Crippen MR) is 56.6 cm³/mol. The van der Waals surface area contributed by atoms with E-state index in [2.05, 4.69) is 20.1 Å². The molecular weight excluding hydrogens is 164 g/mol. The van der Waals surface area contributed by atoms with Gasteiger partial charge in [-0.05, 0) is 54.4 Å². The van der Waals surface area contributed by atoms with Crippen LogP contribution in [-0.4, -0.2) is 12.0 Å². The Morgan fingerprint density at radius 3 is 2.17 bits per heavy atom. The van der Waals surface area contributed by atoms with Gasteiger partial charge in [-0.3, -0.25) is 0 Å². The molecular formula is C11H20S. The standard InChI is InChI=1S/C11H20S/c1-10-6-4-9(5-7-10)11(10,2)8-12-3/h9H,4-8H2,1-3H3. The third-order valence-electron chi connectivity index (χ3n) is 4.81. The van der Waals surface area contributed by atoms with Crippen LogP contribution in [0.2, 0.25) is 0 Å². The highest BCUT2D eigenvalue weighted by molar-refractivity contribution is 7.98. The Hall–Kier alpha value is 0.350. The Labute approximate surface area is 80.5 Å². The van der Waals surface area contributed by atoms with Gasteiger partial charge < -0.3 is 0 Å². The van der Waals surface area contributed by atoms with Gasteiger partial charge in [0, 0.05) is 0 Å². The van der Waals surface area contributed by atoms with Crippen LogP contribution in [0.25, 0.3) is 0 Å². The van der Waals surface area contributed by atoms with Crippen LogP contribution in [0.1, 0.15) is 39.5 Å². The number of thioether (sulfide) groups is 1. The highest BCUT2D eigenvalue weighted by Gasteiger charge is 2.57. The maximum absolute atomic E-state index is 2.54. The minimum absolute atomic E-state index is 0.673. The minimum atomic E-state index is 0.673. The molecule has 0 N–H and O–H groups in total. The first-order valence-corrected chi connectivity index (χ1v) is 6.51. The van der Waals surface area contributed by atoms with Crippen molar-refractivity contribution < 1.29 is 0 Å². The van der Waals surface area contributed by atoms with E-state index in [9.17, 15) is 0 Å². The molecule has 0 aliphatic heterocycles. The maximum Gasteiger partial charge on any atom is -0.000836 e. The lowest BCUT2D eigenvalue weighted by molar-refractivity contribution is 0.158. The highest BCUT2D eigenvalue weighted by Crippen LogP contribution is 2.66. The first-order chi connectivity index (χ1) is 5.62. The van der Waals surface area contributed by atoms with Crippen molar-refractivity contribution in [3.05, 3.63) is 0 Å². The lowest BCUT2D eigenvalue weighted by Crippen LogP contribution is -2.32. The van der Waals surface area contributed by atoms with Gasteiger partial charge in [-0.2, -0.15) is 11.8 Å². The van der Waals surface area contributed by atoms with E-state index in [0.29, 0.717) is 10.8 Å². The topological polar surface area (TPSA) is 0 Å². The summed E-state index contributed by atoms with van der Waals surface area (Å²) >= 11 is 2.04. The average molecular weight is 184 g/mol. The number of hydrogen-bond donors (Lipinski definition) is 0. The molecule has 1 heteroatoms. The van der Waals surface area contributed by atoms with Crippen molar-refractivity contribution in [2.75, 3.05) is 12.0 Å². The predicted octanol–water partition coefficient (Wildman–Crippen LogP) is 3.57. The van der Waals surface area contributed by atoms with Gasteiger partial charge in [-0.25, -0.2) is 0 Å². The number of fused-ring (bicyclic) bond motifs is 2. The summed E-state index contributed by atoms with van der Waals surface area (Å²) in [6, 6.07) is 0. The third kappa shape index (κ3) is 0.921. The summed E-state index contributed by atoms with van der Waals surface area (Å²) in [6.07, 6.45) is 8.26. The Morgan fingerprint density at radius 2 is 1.83 bits per heavy atom. The van der Waals surface area contributed by atoms with Crippen LogP contribution >= 0.6 is 11.8 Å². The van der Waals surface area contributed by atoms with E-state index in [-0.39, 0.29) is 0 Å². The molecule has 2 aliphatic carbocycles. The fourth-order valence-corrected chi connectivity index (χ4v) is 4.73. The zero-order valence-corrected chi connectivity index (χ0v) is 9.34. The lowest BCUT2D eigenvalue weighted by Gasteiger charge is -2.37. The molecule has 2 aliphatic rings. The molecule has 0 amide bonds. The molecule has 0 aromatic carbocycles. The first kappa shape index (κ1) is 8.93. The normalized spacial score (nSPS) is 51.8. The monoisotopic (exact) mass is 184 g/mol. The van der Waals surface area contributed by atoms with Gasteiger partial charge in [0.2, 0.25) is 0 Å². The van der Waals surface area contributed by atoms with Gasteiger partial charge in [0.05, 0.1) is 0 Å². The Kier molecular flexibility index (Phi) is 1.98. The van der Waals surface area contributed by atoms with Crippen LogP contribution in [0.4, 0.5) is 0 Å². The van der Waals surface area contributed by atoms with Crippen LogP contribution in [-0.2, 0) is 0 Å². The molecule has 0 radical (unpaired) electrons. The molecule has 0 aromatic heterocycles. The van der Waals surface area contributed by atoms with Gasteiger partial charge >= 0.3 is 0 Å². The van der Waals surface area contributed by atoms with E-state index in [1.165, 1.54) is 31.4 Å². The van der Waals surface area contributed by atoms with Crippen molar-refractivity contribution in [1.29, 1.82) is 0 Å².